The fourth-order valence-electron chi connectivity index (χ4n) is 5.75. The molecule has 210 valence electrons. The quantitative estimate of drug-likeness (QED) is 0.250. The van der Waals surface area contributed by atoms with Gasteiger partial charge in [0.15, 0.2) is 11.6 Å². The Labute approximate surface area is 237 Å². The molecule has 0 spiro atoms. The van der Waals surface area contributed by atoms with Crippen LogP contribution in [0.4, 0.5) is 11.5 Å². The van der Waals surface area contributed by atoms with Crippen LogP contribution in [0.1, 0.15) is 19.3 Å². The van der Waals surface area contributed by atoms with E-state index >= 15 is 0 Å². The number of nitrogens with one attached hydrogen (secondary N) is 4. The SMILES string of the molecule is CN1CCN(c2nccc3[nH]c(-c4n[nH]c5cnc(-c6cncc(NC(=O)CC7CCNCC7)c6)cc45)nc23)CC1. The minimum Gasteiger partial charge on any atom is -0.352 e. The molecule has 2 aliphatic heterocycles. The lowest BCUT2D eigenvalue weighted by Crippen LogP contribution is -2.44. The van der Waals surface area contributed by atoms with Crippen LogP contribution in [0.3, 0.4) is 0 Å². The molecule has 0 atom stereocenters. The Balaban J connectivity index is 1.16. The van der Waals surface area contributed by atoms with Gasteiger partial charge in [-0.25, -0.2) is 9.97 Å². The van der Waals surface area contributed by atoms with Gasteiger partial charge in [-0.05, 0) is 57.1 Å². The number of hydrogen-bond donors (Lipinski definition) is 4. The molecule has 4 N–H and O–H groups in total. The molecule has 12 nitrogen and oxygen atoms in total. The third kappa shape index (κ3) is 5.23. The van der Waals surface area contributed by atoms with E-state index in [1.807, 2.05) is 24.4 Å². The maximum absolute atomic E-state index is 12.7. The van der Waals surface area contributed by atoms with Crippen molar-refractivity contribution < 1.29 is 4.79 Å². The van der Waals surface area contributed by atoms with Gasteiger partial charge in [0.05, 0.1) is 34.8 Å². The number of nitrogens with zero attached hydrogens (tertiary/aromatic N) is 7. The molecule has 7 rings (SSSR count). The Morgan fingerprint density at radius 3 is 2.76 bits per heavy atom. The smallest absolute Gasteiger partial charge is 0.224 e. The molecule has 2 fully saturated rings. The fraction of sp³-hybridized carbons (Fsp3) is 0.379. The second-order valence-corrected chi connectivity index (χ2v) is 11.0. The van der Waals surface area contributed by atoms with E-state index in [-0.39, 0.29) is 5.91 Å². The second kappa shape index (κ2) is 10.9. The summed E-state index contributed by atoms with van der Waals surface area (Å²) in [5.41, 5.74) is 5.49. The number of hydrogen-bond acceptors (Lipinski definition) is 9. The van der Waals surface area contributed by atoms with Crippen LogP contribution in [0.15, 0.2) is 43.0 Å². The first-order valence-corrected chi connectivity index (χ1v) is 14.2. The number of piperazine rings is 1. The molecule has 7 heterocycles. The number of fused-ring (bicyclic) bond motifs is 2. The van der Waals surface area contributed by atoms with Gasteiger partial charge in [-0.15, -0.1) is 0 Å². The summed E-state index contributed by atoms with van der Waals surface area (Å²) >= 11 is 0. The summed E-state index contributed by atoms with van der Waals surface area (Å²) in [5.74, 6) is 2.00. The Hall–Kier alpha value is -4.42. The summed E-state index contributed by atoms with van der Waals surface area (Å²) in [5, 5.41) is 14.9. The van der Waals surface area contributed by atoms with Crippen LogP contribution in [0, 0.1) is 5.92 Å². The monoisotopic (exact) mass is 551 g/mol. The first-order valence-electron chi connectivity index (χ1n) is 14.2. The van der Waals surface area contributed by atoms with Crippen LogP contribution in [-0.2, 0) is 4.79 Å². The van der Waals surface area contributed by atoms with Crippen LogP contribution in [0.2, 0.25) is 0 Å². The van der Waals surface area contributed by atoms with Gasteiger partial charge in [0.1, 0.15) is 11.2 Å². The van der Waals surface area contributed by atoms with Crippen LogP contribution >= 0.6 is 0 Å². The number of piperidine rings is 1. The summed E-state index contributed by atoms with van der Waals surface area (Å²) < 4.78 is 0. The lowest BCUT2D eigenvalue weighted by molar-refractivity contribution is -0.117. The Morgan fingerprint density at radius 2 is 1.90 bits per heavy atom. The molecule has 12 heteroatoms. The van der Waals surface area contributed by atoms with Crippen molar-refractivity contribution in [2.24, 2.45) is 5.92 Å². The summed E-state index contributed by atoms with van der Waals surface area (Å²) in [7, 11) is 2.14. The number of aromatic nitrogens is 7. The minimum atomic E-state index is 0.0201. The first kappa shape index (κ1) is 25.5. The number of H-pyrrole nitrogens is 2. The molecule has 0 aliphatic carbocycles. The van der Waals surface area contributed by atoms with Crippen molar-refractivity contribution in [1.82, 2.24) is 45.3 Å². The molecule has 0 unspecified atom stereocenters. The highest BCUT2D eigenvalue weighted by Gasteiger charge is 2.21. The van der Waals surface area contributed by atoms with Crippen molar-refractivity contribution in [3.05, 3.63) is 43.0 Å². The Kier molecular flexibility index (Phi) is 6.77. The van der Waals surface area contributed by atoms with Gasteiger partial charge >= 0.3 is 0 Å². The van der Waals surface area contributed by atoms with Crippen LogP contribution in [0.25, 0.3) is 44.7 Å². The number of carbonyl (C=O) groups is 1. The van der Waals surface area contributed by atoms with E-state index in [0.717, 1.165) is 91.1 Å². The van der Waals surface area contributed by atoms with Gasteiger partial charge in [-0.2, -0.15) is 5.10 Å². The Bertz CT molecular complexity index is 1700. The molecule has 0 radical (unpaired) electrons. The number of carbonyl (C=O) groups excluding carboxylic acids is 1. The summed E-state index contributed by atoms with van der Waals surface area (Å²) in [6.45, 7) is 5.76. The molecule has 5 aromatic heterocycles. The second-order valence-electron chi connectivity index (χ2n) is 11.0. The molecule has 1 amide bonds. The number of aromatic amines is 2. The number of amides is 1. The number of pyridine rings is 3. The van der Waals surface area contributed by atoms with E-state index in [2.05, 4.69) is 57.6 Å². The summed E-state index contributed by atoms with van der Waals surface area (Å²) in [4.78, 5) is 39.4. The van der Waals surface area contributed by atoms with E-state index < -0.39 is 0 Å². The molecule has 0 saturated carbocycles. The predicted octanol–water partition coefficient (Wildman–Crippen LogP) is 3.04. The highest BCUT2D eigenvalue weighted by molar-refractivity contribution is 5.96. The fourth-order valence-corrected chi connectivity index (χ4v) is 5.75. The molecule has 2 aliphatic rings. The first-order chi connectivity index (χ1) is 20.1. The molecule has 2 saturated heterocycles. The van der Waals surface area contributed by atoms with Gasteiger partial charge in [-0.3, -0.25) is 19.9 Å². The van der Waals surface area contributed by atoms with Crippen molar-refractivity contribution in [2.75, 3.05) is 56.5 Å². The van der Waals surface area contributed by atoms with E-state index in [9.17, 15) is 4.79 Å². The van der Waals surface area contributed by atoms with Gasteiger partial charge in [0, 0.05) is 55.9 Å². The summed E-state index contributed by atoms with van der Waals surface area (Å²) in [6, 6.07) is 5.85. The van der Waals surface area contributed by atoms with Gasteiger partial charge < -0.3 is 25.4 Å². The van der Waals surface area contributed by atoms with Gasteiger partial charge in [0.25, 0.3) is 0 Å². The zero-order chi connectivity index (χ0) is 27.8. The maximum atomic E-state index is 12.7. The molecule has 5 aromatic rings. The van der Waals surface area contributed by atoms with Crippen molar-refractivity contribution >= 4 is 39.3 Å². The van der Waals surface area contributed by atoms with Crippen LogP contribution in [0.5, 0.6) is 0 Å². The number of anilines is 2. The zero-order valence-electron chi connectivity index (χ0n) is 23.0. The highest BCUT2D eigenvalue weighted by Crippen LogP contribution is 2.31. The highest BCUT2D eigenvalue weighted by atomic mass is 16.1. The van der Waals surface area contributed by atoms with Crippen molar-refractivity contribution in [3.8, 4) is 22.8 Å². The average Bonchev–Trinajstić information content (AvgIpc) is 3.62. The van der Waals surface area contributed by atoms with Crippen LogP contribution in [-0.4, -0.2) is 92.2 Å². The standard InChI is InChI=1S/C29H33N11O/c1-39-8-10-40(11-9-39)29-27-22(4-7-32-29)35-28(36-27)26-21-14-23(33-17-24(21)37-38-26)19-13-20(16-31-15-19)34-25(41)12-18-2-5-30-6-3-18/h4,7,13-18,30H,2-3,5-6,8-12H2,1H3,(H,34,41)(H,35,36)(H,37,38). The normalized spacial score (nSPS) is 17.0. The molecule has 0 aromatic carbocycles. The molecular formula is C29H33N11O. The topological polar surface area (TPSA) is 144 Å². The molecular weight excluding hydrogens is 518 g/mol. The maximum Gasteiger partial charge on any atom is 0.224 e. The largest absolute Gasteiger partial charge is 0.352 e. The van der Waals surface area contributed by atoms with E-state index in [4.69, 9.17) is 4.98 Å². The Morgan fingerprint density at radius 1 is 1.05 bits per heavy atom. The van der Waals surface area contributed by atoms with Crippen molar-refractivity contribution in [3.63, 3.8) is 0 Å². The van der Waals surface area contributed by atoms with E-state index in [1.54, 1.807) is 18.6 Å². The lowest BCUT2D eigenvalue weighted by Gasteiger charge is -2.33. The number of likely N-dealkylation sites (N-methyl/N-ethyl adjacent to an activating group) is 1. The number of imidazole rings is 1. The van der Waals surface area contributed by atoms with Gasteiger partial charge in [0.2, 0.25) is 5.91 Å². The van der Waals surface area contributed by atoms with E-state index in [0.29, 0.717) is 29.5 Å². The van der Waals surface area contributed by atoms with Crippen molar-refractivity contribution in [1.29, 1.82) is 0 Å². The molecule has 41 heavy (non-hydrogen) atoms. The predicted molar refractivity (Wildman–Crippen MR) is 159 cm³/mol. The van der Waals surface area contributed by atoms with Crippen LogP contribution < -0.4 is 15.5 Å². The lowest BCUT2D eigenvalue weighted by atomic mass is 9.94. The van der Waals surface area contributed by atoms with Gasteiger partial charge in [-0.1, -0.05) is 0 Å². The third-order valence-corrected chi connectivity index (χ3v) is 8.11. The summed E-state index contributed by atoms with van der Waals surface area (Å²) in [6.07, 6.45) is 9.61. The minimum absolute atomic E-state index is 0.0201. The van der Waals surface area contributed by atoms with Crippen molar-refractivity contribution in [2.45, 2.75) is 19.3 Å². The average molecular weight is 552 g/mol. The molecule has 0 bridgehead atoms. The van der Waals surface area contributed by atoms with E-state index in [1.165, 1.54) is 0 Å². The number of rotatable bonds is 6. The zero-order valence-corrected chi connectivity index (χ0v) is 23.0. The third-order valence-electron chi connectivity index (χ3n) is 8.11.